The first-order valence-electron chi connectivity index (χ1n) is 5.20. The molecule has 0 aliphatic heterocycles. The van der Waals surface area contributed by atoms with Gasteiger partial charge >= 0.3 is 5.97 Å². The predicted octanol–water partition coefficient (Wildman–Crippen LogP) is 2.03. The highest BCUT2D eigenvalue weighted by molar-refractivity contribution is 5.81. The molecule has 1 N–H and O–H groups in total. The second-order valence-electron chi connectivity index (χ2n) is 3.90. The summed E-state index contributed by atoms with van der Waals surface area (Å²) in [5.74, 6) is -1.88. The van der Waals surface area contributed by atoms with Crippen LogP contribution in [-0.4, -0.2) is 21.0 Å². The molecule has 1 unspecified atom stereocenters. The molecule has 0 aliphatic rings. The summed E-state index contributed by atoms with van der Waals surface area (Å²) in [5, 5.41) is 9.42. The van der Waals surface area contributed by atoms with Crippen LogP contribution in [0.3, 0.4) is 0 Å². The highest BCUT2D eigenvalue weighted by Crippen LogP contribution is 2.19. The summed E-state index contributed by atoms with van der Waals surface area (Å²) < 4.78 is 13.5. The molecule has 2 aromatic rings. The molecule has 0 radical (unpaired) electrons. The average Bonchev–Trinajstić information content (AvgIpc) is 2.30. The molecule has 0 saturated heterocycles. The molecule has 5 heteroatoms. The minimum absolute atomic E-state index is 0.232. The fraction of sp³-hybridized carbons (Fsp3) is 0.250. The van der Waals surface area contributed by atoms with Crippen LogP contribution in [0.25, 0.3) is 10.9 Å². The van der Waals surface area contributed by atoms with E-state index < -0.39 is 17.7 Å². The normalized spacial score (nSPS) is 12.6. The van der Waals surface area contributed by atoms with Crippen molar-refractivity contribution in [1.82, 2.24) is 9.97 Å². The van der Waals surface area contributed by atoms with Gasteiger partial charge in [-0.05, 0) is 6.07 Å². The Hall–Kier alpha value is -2.04. The molecule has 1 aromatic carbocycles. The summed E-state index contributed by atoms with van der Waals surface area (Å²) in [4.78, 5) is 18.7. The molecule has 0 aliphatic carbocycles. The van der Waals surface area contributed by atoms with Crippen molar-refractivity contribution in [3.63, 3.8) is 0 Å². The van der Waals surface area contributed by atoms with Crippen molar-refractivity contribution >= 4 is 16.9 Å². The van der Waals surface area contributed by atoms with Gasteiger partial charge in [0.1, 0.15) is 17.7 Å². The zero-order chi connectivity index (χ0) is 12.4. The number of carbonyl (C=O) groups is 1. The average molecular weight is 234 g/mol. The molecule has 0 spiro atoms. The molecule has 4 nitrogen and oxygen atoms in total. The first kappa shape index (κ1) is 11.4. The van der Waals surface area contributed by atoms with Crippen molar-refractivity contribution in [3.8, 4) is 0 Å². The lowest BCUT2D eigenvalue weighted by Crippen LogP contribution is -2.13. The van der Waals surface area contributed by atoms with Crippen LogP contribution < -0.4 is 0 Å². The minimum atomic E-state index is -0.895. The van der Waals surface area contributed by atoms with E-state index in [0.717, 1.165) is 0 Å². The fourth-order valence-corrected chi connectivity index (χ4v) is 1.65. The molecule has 0 fully saturated rings. The third-order valence-electron chi connectivity index (χ3n) is 2.62. The van der Waals surface area contributed by atoms with E-state index >= 15 is 0 Å². The fourth-order valence-electron chi connectivity index (χ4n) is 1.65. The minimum Gasteiger partial charge on any atom is -0.481 e. The Labute approximate surface area is 97.1 Å². The predicted molar refractivity (Wildman–Crippen MR) is 60.0 cm³/mol. The molecule has 1 heterocycles. The Morgan fingerprint density at radius 2 is 2.24 bits per heavy atom. The lowest BCUT2D eigenvalue weighted by molar-refractivity contribution is -0.141. The highest BCUT2D eigenvalue weighted by atomic mass is 19.1. The number of para-hydroxylation sites is 1. The Bertz CT molecular complexity index is 571. The van der Waals surface area contributed by atoms with Gasteiger partial charge in [0, 0.05) is 11.8 Å². The summed E-state index contributed by atoms with van der Waals surface area (Å²) in [5.41, 5.74) is 0.791. The number of carboxylic acid groups (broad SMARTS) is 1. The van der Waals surface area contributed by atoms with Crippen LogP contribution in [0.15, 0.2) is 24.5 Å². The largest absolute Gasteiger partial charge is 0.481 e. The number of carboxylic acids is 1. The van der Waals surface area contributed by atoms with Crippen molar-refractivity contribution in [1.29, 1.82) is 0 Å². The van der Waals surface area contributed by atoms with Crippen LogP contribution in [0.4, 0.5) is 4.39 Å². The summed E-state index contributed by atoms with van der Waals surface area (Å²) >= 11 is 0. The van der Waals surface area contributed by atoms with Crippen LogP contribution in [0.2, 0.25) is 0 Å². The van der Waals surface area contributed by atoms with Crippen molar-refractivity contribution in [2.75, 3.05) is 0 Å². The van der Waals surface area contributed by atoms with Crippen LogP contribution in [0.1, 0.15) is 12.6 Å². The van der Waals surface area contributed by atoms with E-state index in [0.29, 0.717) is 11.1 Å². The standard InChI is InChI=1S/C12H11FN2O2/c1-7(12(16)17)5-10-8-3-2-4-9(13)11(8)15-6-14-10/h2-4,6-7H,5H2,1H3,(H,16,17). The van der Waals surface area contributed by atoms with Gasteiger partial charge in [-0.2, -0.15) is 0 Å². The Balaban J connectivity index is 2.48. The SMILES string of the molecule is CC(Cc1ncnc2c(F)cccc12)C(=O)O. The van der Waals surface area contributed by atoms with Gasteiger partial charge in [0.15, 0.2) is 0 Å². The number of aromatic nitrogens is 2. The molecular weight excluding hydrogens is 223 g/mol. The summed E-state index contributed by atoms with van der Waals surface area (Å²) in [6.07, 6.45) is 1.52. The van der Waals surface area contributed by atoms with Crippen LogP contribution >= 0.6 is 0 Å². The zero-order valence-electron chi connectivity index (χ0n) is 9.22. The van der Waals surface area contributed by atoms with Gasteiger partial charge in [0.05, 0.1) is 11.6 Å². The zero-order valence-corrected chi connectivity index (χ0v) is 9.22. The van der Waals surface area contributed by atoms with Crippen molar-refractivity contribution in [3.05, 3.63) is 36.0 Å². The monoisotopic (exact) mass is 234 g/mol. The number of benzene rings is 1. The molecule has 0 bridgehead atoms. The second kappa shape index (κ2) is 4.45. The van der Waals surface area contributed by atoms with E-state index in [9.17, 15) is 9.18 Å². The van der Waals surface area contributed by atoms with E-state index in [-0.39, 0.29) is 11.9 Å². The smallest absolute Gasteiger partial charge is 0.306 e. The molecular formula is C12H11FN2O2. The number of halogens is 1. The first-order valence-corrected chi connectivity index (χ1v) is 5.20. The van der Waals surface area contributed by atoms with Gasteiger partial charge in [0.2, 0.25) is 0 Å². The van der Waals surface area contributed by atoms with Gasteiger partial charge < -0.3 is 5.11 Å². The number of fused-ring (bicyclic) bond motifs is 1. The lowest BCUT2D eigenvalue weighted by atomic mass is 10.0. The van der Waals surface area contributed by atoms with Gasteiger partial charge in [-0.3, -0.25) is 4.79 Å². The molecule has 0 amide bonds. The Morgan fingerprint density at radius 1 is 1.47 bits per heavy atom. The number of aliphatic carboxylic acids is 1. The van der Waals surface area contributed by atoms with Gasteiger partial charge in [0.25, 0.3) is 0 Å². The van der Waals surface area contributed by atoms with E-state index in [2.05, 4.69) is 9.97 Å². The van der Waals surface area contributed by atoms with Gasteiger partial charge in [-0.25, -0.2) is 14.4 Å². The lowest BCUT2D eigenvalue weighted by Gasteiger charge is -2.08. The first-order chi connectivity index (χ1) is 8.09. The maximum Gasteiger partial charge on any atom is 0.306 e. The van der Waals surface area contributed by atoms with Crippen molar-refractivity contribution in [2.45, 2.75) is 13.3 Å². The Kier molecular flexibility index (Phi) is 2.99. The molecule has 0 saturated carbocycles. The second-order valence-corrected chi connectivity index (χ2v) is 3.90. The number of hydrogen-bond acceptors (Lipinski definition) is 3. The van der Waals surface area contributed by atoms with Crippen LogP contribution in [-0.2, 0) is 11.2 Å². The summed E-state index contributed by atoms with van der Waals surface area (Å²) in [6, 6.07) is 4.58. The van der Waals surface area contributed by atoms with E-state index in [1.807, 2.05) is 0 Å². The van der Waals surface area contributed by atoms with Gasteiger partial charge in [-0.1, -0.05) is 19.1 Å². The Morgan fingerprint density at radius 3 is 2.94 bits per heavy atom. The number of hydrogen-bond donors (Lipinski definition) is 1. The molecule has 88 valence electrons. The third kappa shape index (κ3) is 2.22. The number of rotatable bonds is 3. The van der Waals surface area contributed by atoms with Crippen molar-refractivity contribution < 1.29 is 14.3 Å². The highest BCUT2D eigenvalue weighted by Gasteiger charge is 2.15. The third-order valence-corrected chi connectivity index (χ3v) is 2.62. The van der Waals surface area contributed by atoms with E-state index in [1.165, 1.54) is 12.4 Å². The van der Waals surface area contributed by atoms with E-state index in [1.54, 1.807) is 19.1 Å². The summed E-state index contributed by atoms with van der Waals surface area (Å²) in [7, 11) is 0. The maximum atomic E-state index is 13.5. The molecule has 2 rings (SSSR count). The number of nitrogens with zero attached hydrogens (tertiary/aromatic N) is 2. The van der Waals surface area contributed by atoms with Crippen molar-refractivity contribution in [2.24, 2.45) is 5.92 Å². The van der Waals surface area contributed by atoms with Crippen LogP contribution in [0, 0.1) is 11.7 Å². The molecule has 17 heavy (non-hydrogen) atoms. The molecule has 1 atom stereocenters. The maximum absolute atomic E-state index is 13.5. The summed E-state index contributed by atoms with van der Waals surface area (Å²) in [6.45, 7) is 1.59. The topological polar surface area (TPSA) is 63.1 Å². The quantitative estimate of drug-likeness (QED) is 0.882. The van der Waals surface area contributed by atoms with E-state index in [4.69, 9.17) is 5.11 Å². The molecule has 1 aromatic heterocycles. The van der Waals surface area contributed by atoms with Crippen LogP contribution in [0.5, 0.6) is 0 Å². The van der Waals surface area contributed by atoms with Gasteiger partial charge in [-0.15, -0.1) is 0 Å².